The Labute approximate surface area is 189 Å². The Morgan fingerprint density at radius 2 is 2.16 bits per heavy atom. The number of aliphatic hydroxyl groups is 1. The number of aliphatic hydroxyl groups excluding tert-OH is 1. The molecule has 164 valence electrons. The molecule has 0 radical (unpaired) electrons. The predicted molar refractivity (Wildman–Crippen MR) is 120 cm³/mol. The Balaban J connectivity index is 1.80. The molecule has 0 saturated heterocycles. The fourth-order valence-corrected chi connectivity index (χ4v) is 4.63. The van der Waals surface area contributed by atoms with Crippen molar-refractivity contribution < 1.29 is 23.8 Å². The lowest BCUT2D eigenvalue weighted by atomic mass is 9.95. The average molecular weight is 451 g/mol. The molecular weight excluding hydrogens is 428 g/mol. The molecular formula is C24H22N2O5S. The maximum Gasteiger partial charge on any atom is 0.290 e. The van der Waals surface area contributed by atoms with Gasteiger partial charge in [0.25, 0.3) is 5.91 Å². The van der Waals surface area contributed by atoms with E-state index in [4.69, 9.17) is 9.15 Å². The number of thiazole rings is 1. The standard InChI is InChI=1S/C24H22N2O5S/c1-4-10-30-17-8-5-7-16(12-17)20-19(21(27)23-14(2)25-15(3)32-23)22(28)24(29)26(20)13-18-9-6-11-31-18/h4-9,11-12,20,28H,1,10,13H2,2-3H3. The number of aryl methyl sites for hydroxylation is 2. The number of furan rings is 1. The van der Waals surface area contributed by atoms with E-state index < -0.39 is 23.5 Å². The zero-order chi connectivity index (χ0) is 22.8. The largest absolute Gasteiger partial charge is 0.503 e. The number of hydrogen-bond donors (Lipinski definition) is 1. The average Bonchev–Trinajstić information content (AvgIpc) is 3.47. The van der Waals surface area contributed by atoms with E-state index >= 15 is 0 Å². The molecule has 1 atom stereocenters. The Kier molecular flexibility index (Phi) is 5.96. The van der Waals surface area contributed by atoms with E-state index in [1.165, 1.54) is 22.5 Å². The summed E-state index contributed by atoms with van der Waals surface area (Å²) in [6.07, 6.45) is 3.14. The molecule has 0 saturated carbocycles. The van der Waals surface area contributed by atoms with Crippen molar-refractivity contribution in [1.82, 2.24) is 9.88 Å². The quantitative estimate of drug-likeness (QED) is 0.395. The number of carbonyl (C=O) groups is 2. The molecule has 1 aliphatic heterocycles. The predicted octanol–water partition coefficient (Wildman–Crippen LogP) is 4.70. The van der Waals surface area contributed by atoms with Crippen molar-refractivity contribution in [2.45, 2.75) is 26.4 Å². The number of nitrogens with zero attached hydrogens (tertiary/aromatic N) is 2. The molecule has 2 aromatic heterocycles. The summed E-state index contributed by atoms with van der Waals surface area (Å²) in [6.45, 7) is 7.61. The molecule has 1 unspecified atom stereocenters. The SMILES string of the molecule is C=CCOc1cccc(C2C(C(=O)c3sc(C)nc3C)=C(O)C(=O)N2Cc2ccco2)c1. The van der Waals surface area contributed by atoms with Crippen LogP contribution in [0.1, 0.15) is 37.7 Å². The van der Waals surface area contributed by atoms with Crippen LogP contribution in [0.15, 0.2) is 71.1 Å². The third-order valence-electron chi connectivity index (χ3n) is 5.11. The normalized spacial score (nSPS) is 16.0. The number of hydrogen-bond acceptors (Lipinski definition) is 7. The first-order chi connectivity index (χ1) is 15.4. The van der Waals surface area contributed by atoms with Crippen molar-refractivity contribution in [1.29, 1.82) is 0 Å². The van der Waals surface area contributed by atoms with Crippen molar-refractivity contribution in [2.75, 3.05) is 6.61 Å². The van der Waals surface area contributed by atoms with Crippen LogP contribution in [0.5, 0.6) is 5.75 Å². The van der Waals surface area contributed by atoms with Gasteiger partial charge in [-0.25, -0.2) is 4.98 Å². The van der Waals surface area contributed by atoms with Crippen molar-refractivity contribution in [2.24, 2.45) is 0 Å². The first-order valence-electron chi connectivity index (χ1n) is 9.99. The minimum atomic E-state index is -0.811. The molecule has 0 bridgehead atoms. The van der Waals surface area contributed by atoms with Crippen LogP contribution in [0.3, 0.4) is 0 Å². The molecule has 32 heavy (non-hydrogen) atoms. The summed E-state index contributed by atoms with van der Waals surface area (Å²) < 4.78 is 11.1. The lowest BCUT2D eigenvalue weighted by Crippen LogP contribution is -2.30. The fraction of sp³-hybridized carbons (Fsp3) is 0.208. The van der Waals surface area contributed by atoms with E-state index in [1.807, 2.05) is 6.92 Å². The van der Waals surface area contributed by atoms with Crippen LogP contribution in [0.25, 0.3) is 0 Å². The number of carbonyl (C=O) groups excluding carboxylic acids is 2. The molecule has 7 nitrogen and oxygen atoms in total. The number of rotatable bonds is 8. The zero-order valence-electron chi connectivity index (χ0n) is 17.7. The molecule has 0 fully saturated rings. The van der Waals surface area contributed by atoms with Gasteiger partial charge in [0.2, 0.25) is 5.78 Å². The summed E-state index contributed by atoms with van der Waals surface area (Å²) in [4.78, 5) is 32.8. The molecule has 1 N–H and O–H groups in total. The zero-order valence-corrected chi connectivity index (χ0v) is 18.5. The summed E-state index contributed by atoms with van der Waals surface area (Å²) >= 11 is 1.24. The second-order valence-electron chi connectivity index (χ2n) is 7.33. The van der Waals surface area contributed by atoms with E-state index in [1.54, 1.807) is 49.4 Å². The highest BCUT2D eigenvalue weighted by Gasteiger charge is 2.44. The van der Waals surface area contributed by atoms with Gasteiger partial charge in [-0.1, -0.05) is 24.8 Å². The van der Waals surface area contributed by atoms with E-state index in [9.17, 15) is 14.7 Å². The van der Waals surface area contributed by atoms with Crippen LogP contribution in [0.2, 0.25) is 0 Å². The van der Waals surface area contributed by atoms with Gasteiger partial charge in [0, 0.05) is 0 Å². The molecule has 0 aliphatic carbocycles. The Bertz CT molecular complexity index is 1210. The molecule has 1 aliphatic rings. The molecule has 3 aromatic rings. The Morgan fingerprint density at radius 1 is 1.34 bits per heavy atom. The number of ether oxygens (including phenoxy) is 1. The van der Waals surface area contributed by atoms with Crippen LogP contribution >= 0.6 is 11.3 Å². The van der Waals surface area contributed by atoms with Crippen LogP contribution < -0.4 is 4.74 Å². The second kappa shape index (κ2) is 8.84. The third kappa shape index (κ3) is 3.97. The van der Waals surface area contributed by atoms with Crippen molar-refractivity contribution >= 4 is 23.0 Å². The third-order valence-corrected chi connectivity index (χ3v) is 6.18. The number of Topliss-reactive ketones (excluding diaryl/α,β-unsaturated/α-hetero) is 1. The van der Waals surface area contributed by atoms with Gasteiger partial charge < -0.3 is 19.2 Å². The molecule has 8 heteroatoms. The van der Waals surface area contributed by atoms with Crippen molar-refractivity contribution in [3.05, 3.63) is 93.6 Å². The number of ketones is 1. The van der Waals surface area contributed by atoms with Gasteiger partial charge >= 0.3 is 0 Å². The van der Waals surface area contributed by atoms with Gasteiger partial charge in [0.05, 0.1) is 40.0 Å². The lowest BCUT2D eigenvalue weighted by molar-refractivity contribution is -0.130. The molecule has 4 rings (SSSR count). The molecule has 0 spiro atoms. The maximum atomic E-state index is 13.5. The Morgan fingerprint density at radius 3 is 2.81 bits per heavy atom. The number of amides is 1. The van der Waals surface area contributed by atoms with Crippen molar-refractivity contribution in [3.8, 4) is 5.75 Å². The van der Waals surface area contributed by atoms with Gasteiger partial charge in [-0.3, -0.25) is 9.59 Å². The van der Waals surface area contributed by atoms with Gasteiger partial charge in [-0.2, -0.15) is 0 Å². The van der Waals surface area contributed by atoms with Crippen LogP contribution in [-0.4, -0.2) is 33.3 Å². The van der Waals surface area contributed by atoms with Gasteiger partial charge in [0.15, 0.2) is 5.76 Å². The van der Waals surface area contributed by atoms with Gasteiger partial charge in [0.1, 0.15) is 18.1 Å². The highest BCUT2D eigenvalue weighted by molar-refractivity contribution is 7.14. The summed E-state index contributed by atoms with van der Waals surface area (Å²) in [6, 6.07) is 9.76. The van der Waals surface area contributed by atoms with Gasteiger partial charge in [-0.15, -0.1) is 11.3 Å². The smallest absolute Gasteiger partial charge is 0.290 e. The first kappa shape index (κ1) is 21.6. The first-order valence-corrected chi connectivity index (χ1v) is 10.8. The van der Waals surface area contributed by atoms with E-state index in [2.05, 4.69) is 11.6 Å². The van der Waals surface area contributed by atoms with Gasteiger partial charge in [-0.05, 0) is 43.7 Å². The summed E-state index contributed by atoms with van der Waals surface area (Å²) in [5.41, 5.74) is 1.23. The number of benzene rings is 1. The minimum Gasteiger partial charge on any atom is -0.503 e. The lowest BCUT2D eigenvalue weighted by Gasteiger charge is -2.26. The summed E-state index contributed by atoms with van der Waals surface area (Å²) in [5, 5.41) is 11.5. The van der Waals surface area contributed by atoms with E-state index in [-0.39, 0.29) is 12.1 Å². The van der Waals surface area contributed by atoms with Crippen molar-refractivity contribution in [3.63, 3.8) is 0 Å². The maximum absolute atomic E-state index is 13.5. The summed E-state index contributed by atoms with van der Waals surface area (Å²) in [5.74, 6) is -0.506. The molecule has 1 amide bonds. The van der Waals surface area contributed by atoms with Crippen LogP contribution in [0.4, 0.5) is 0 Å². The monoisotopic (exact) mass is 450 g/mol. The highest BCUT2D eigenvalue weighted by Crippen LogP contribution is 2.41. The van der Waals surface area contributed by atoms with E-state index in [0.29, 0.717) is 34.3 Å². The molecule has 3 heterocycles. The van der Waals surface area contributed by atoms with E-state index in [0.717, 1.165) is 5.01 Å². The fourth-order valence-electron chi connectivity index (χ4n) is 3.76. The van der Waals surface area contributed by atoms with Crippen LogP contribution in [-0.2, 0) is 11.3 Å². The topological polar surface area (TPSA) is 92.9 Å². The summed E-state index contributed by atoms with van der Waals surface area (Å²) in [7, 11) is 0. The molecule has 1 aromatic carbocycles. The number of aromatic nitrogens is 1. The highest BCUT2D eigenvalue weighted by atomic mass is 32.1. The second-order valence-corrected chi connectivity index (χ2v) is 8.53. The Hall–Kier alpha value is -3.65. The van der Waals surface area contributed by atoms with Crippen LogP contribution in [0, 0.1) is 13.8 Å². The minimum absolute atomic E-state index is 0.0224.